The number of halogens is 2. The highest BCUT2D eigenvalue weighted by molar-refractivity contribution is 6.30. The molecule has 1 atom stereocenters. The van der Waals surface area contributed by atoms with Crippen molar-refractivity contribution in [3.8, 4) is 0 Å². The standard InChI is InChI=1S/C16H17ClFN3O2/c1-10-8-19-16(20-10)14-9-21(4-5-23-14)15(22)7-11-2-3-13(18)12(17)6-11/h2-3,6,8,14H,4-5,7,9H2,1H3,(H,19,20). The molecule has 2 heterocycles. The Labute approximate surface area is 138 Å². The minimum absolute atomic E-state index is 0.0289. The number of morpholine rings is 1. The van der Waals surface area contributed by atoms with Gasteiger partial charge in [-0.3, -0.25) is 4.79 Å². The fourth-order valence-electron chi connectivity index (χ4n) is 2.57. The van der Waals surface area contributed by atoms with Gasteiger partial charge < -0.3 is 14.6 Å². The number of aryl methyl sites for hydroxylation is 1. The molecule has 1 unspecified atom stereocenters. The molecule has 23 heavy (non-hydrogen) atoms. The normalized spacial score (nSPS) is 18.2. The maximum absolute atomic E-state index is 13.2. The lowest BCUT2D eigenvalue weighted by Crippen LogP contribution is -2.43. The smallest absolute Gasteiger partial charge is 0.227 e. The van der Waals surface area contributed by atoms with Crippen LogP contribution < -0.4 is 0 Å². The van der Waals surface area contributed by atoms with E-state index in [-0.39, 0.29) is 23.5 Å². The Morgan fingerprint density at radius 3 is 3.09 bits per heavy atom. The number of hydrogen-bond donors (Lipinski definition) is 1. The highest BCUT2D eigenvalue weighted by atomic mass is 35.5. The fraction of sp³-hybridized carbons (Fsp3) is 0.375. The highest BCUT2D eigenvalue weighted by Crippen LogP contribution is 2.21. The molecule has 0 bridgehead atoms. The third kappa shape index (κ3) is 3.71. The van der Waals surface area contributed by atoms with E-state index in [4.69, 9.17) is 16.3 Å². The summed E-state index contributed by atoms with van der Waals surface area (Å²) in [6, 6.07) is 4.34. The molecule has 1 saturated heterocycles. The zero-order valence-corrected chi connectivity index (χ0v) is 13.4. The number of carbonyl (C=O) groups is 1. The molecule has 7 heteroatoms. The second kappa shape index (κ2) is 6.68. The second-order valence-electron chi connectivity index (χ2n) is 5.58. The molecule has 0 aliphatic carbocycles. The molecule has 5 nitrogen and oxygen atoms in total. The minimum Gasteiger partial charge on any atom is -0.367 e. The van der Waals surface area contributed by atoms with Gasteiger partial charge in [-0.25, -0.2) is 9.37 Å². The van der Waals surface area contributed by atoms with E-state index in [9.17, 15) is 9.18 Å². The Kier molecular flexibility index (Phi) is 4.63. The van der Waals surface area contributed by atoms with Gasteiger partial charge in [-0.2, -0.15) is 0 Å². The first kappa shape index (κ1) is 16.0. The van der Waals surface area contributed by atoms with E-state index in [1.54, 1.807) is 17.2 Å². The monoisotopic (exact) mass is 337 g/mol. The number of aromatic nitrogens is 2. The molecular formula is C16H17ClFN3O2. The number of aromatic amines is 1. The lowest BCUT2D eigenvalue weighted by atomic mass is 10.1. The van der Waals surface area contributed by atoms with Crippen LogP contribution in [0, 0.1) is 12.7 Å². The maximum atomic E-state index is 13.2. The number of rotatable bonds is 3. The van der Waals surface area contributed by atoms with Crippen LogP contribution in [0.3, 0.4) is 0 Å². The van der Waals surface area contributed by atoms with E-state index in [0.717, 1.165) is 11.5 Å². The number of amides is 1. The molecule has 1 fully saturated rings. The second-order valence-corrected chi connectivity index (χ2v) is 5.98. The average Bonchev–Trinajstić information content (AvgIpc) is 2.98. The van der Waals surface area contributed by atoms with Gasteiger partial charge >= 0.3 is 0 Å². The first-order valence-electron chi connectivity index (χ1n) is 7.38. The van der Waals surface area contributed by atoms with Crippen molar-refractivity contribution in [2.75, 3.05) is 19.7 Å². The van der Waals surface area contributed by atoms with Gasteiger partial charge in [0.25, 0.3) is 0 Å². The number of ether oxygens (including phenoxy) is 1. The van der Waals surface area contributed by atoms with Crippen LogP contribution in [0.2, 0.25) is 5.02 Å². The maximum Gasteiger partial charge on any atom is 0.227 e. The molecule has 0 radical (unpaired) electrons. The first-order valence-corrected chi connectivity index (χ1v) is 7.75. The van der Waals surface area contributed by atoms with Crippen LogP contribution in [-0.4, -0.2) is 40.5 Å². The minimum atomic E-state index is -0.484. The Morgan fingerprint density at radius 1 is 1.57 bits per heavy atom. The van der Waals surface area contributed by atoms with Crippen molar-refractivity contribution in [3.63, 3.8) is 0 Å². The van der Waals surface area contributed by atoms with Gasteiger partial charge in [0.05, 0.1) is 24.6 Å². The van der Waals surface area contributed by atoms with Crippen LogP contribution in [0.15, 0.2) is 24.4 Å². The zero-order valence-electron chi connectivity index (χ0n) is 12.7. The fourth-order valence-corrected chi connectivity index (χ4v) is 2.78. The average molecular weight is 338 g/mol. The van der Waals surface area contributed by atoms with Gasteiger partial charge in [-0.05, 0) is 24.6 Å². The van der Waals surface area contributed by atoms with Crippen molar-refractivity contribution in [2.24, 2.45) is 0 Å². The molecule has 1 aliphatic heterocycles. The van der Waals surface area contributed by atoms with Gasteiger partial charge in [0, 0.05) is 18.4 Å². The van der Waals surface area contributed by atoms with E-state index in [1.807, 2.05) is 6.92 Å². The summed E-state index contributed by atoms with van der Waals surface area (Å²) in [7, 11) is 0. The van der Waals surface area contributed by atoms with E-state index in [2.05, 4.69) is 9.97 Å². The Morgan fingerprint density at radius 2 is 2.39 bits per heavy atom. The predicted molar refractivity (Wildman–Crippen MR) is 83.7 cm³/mol. The molecule has 0 spiro atoms. The molecule has 1 N–H and O–H groups in total. The van der Waals surface area contributed by atoms with E-state index < -0.39 is 5.82 Å². The summed E-state index contributed by atoms with van der Waals surface area (Å²) in [6.07, 6.45) is 1.67. The van der Waals surface area contributed by atoms with Crippen molar-refractivity contribution >= 4 is 17.5 Å². The van der Waals surface area contributed by atoms with E-state index >= 15 is 0 Å². The SMILES string of the molecule is Cc1cnc(C2CN(C(=O)Cc3ccc(F)c(Cl)c3)CCO2)[nH]1. The Balaban J connectivity index is 1.65. The summed E-state index contributed by atoms with van der Waals surface area (Å²) >= 11 is 5.76. The highest BCUT2D eigenvalue weighted by Gasteiger charge is 2.27. The number of H-pyrrole nitrogens is 1. The van der Waals surface area contributed by atoms with Gasteiger partial charge in [0.2, 0.25) is 5.91 Å². The number of nitrogens with zero attached hydrogens (tertiary/aromatic N) is 2. The lowest BCUT2D eigenvalue weighted by molar-refractivity contribution is -0.138. The number of hydrogen-bond acceptors (Lipinski definition) is 3. The molecule has 122 valence electrons. The summed E-state index contributed by atoms with van der Waals surface area (Å²) < 4.78 is 18.9. The van der Waals surface area contributed by atoms with Crippen LogP contribution in [0.25, 0.3) is 0 Å². The molecule has 1 aromatic carbocycles. The number of carbonyl (C=O) groups excluding carboxylic acids is 1. The first-order chi connectivity index (χ1) is 11.0. The summed E-state index contributed by atoms with van der Waals surface area (Å²) in [4.78, 5) is 21.6. The summed E-state index contributed by atoms with van der Waals surface area (Å²) in [5, 5.41) is 0.0289. The van der Waals surface area contributed by atoms with Crippen LogP contribution >= 0.6 is 11.6 Å². The Bertz CT molecular complexity index is 719. The van der Waals surface area contributed by atoms with Gasteiger partial charge in [0.15, 0.2) is 0 Å². The van der Waals surface area contributed by atoms with Crippen molar-refractivity contribution in [2.45, 2.75) is 19.4 Å². The topological polar surface area (TPSA) is 58.2 Å². The molecule has 0 saturated carbocycles. The van der Waals surface area contributed by atoms with E-state index in [1.165, 1.54) is 12.1 Å². The largest absolute Gasteiger partial charge is 0.367 e. The van der Waals surface area contributed by atoms with E-state index in [0.29, 0.717) is 25.3 Å². The quantitative estimate of drug-likeness (QED) is 0.936. The van der Waals surface area contributed by atoms with Crippen LogP contribution in [0.5, 0.6) is 0 Å². The zero-order chi connectivity index (χ0) is 16.4. The molecule has 2 aromatic rings. The molecule has 1 aliphatic rings. The van der Waals surface area contributed by atoms with Gasteiger partial charge in [-0.1, -0.05) is 17.7 Å². The third-order valence-corrected chi connectivity index (χ3v) is 4.08. The van der Waals surface area contributed by atoms with Crippen LogP contribution in [-0.2, 0) is 16.0 Å². The van der Waals surface area contributed by atoms with Crippen molar-refractivity contribution in [1.29, 1.82) is 0 Å². The lowest BCUT2D eigenvalue weighted by Gasteiger charge is -2.32. The summed E-state index contributed by atoms with van der Waals surface area (Å²) in [5.41, 5.74) is 1.64. The number of benzene rings is 1. The van der Waals surface area contributed by atoms with Crippen molar-refractivity contribution in [1.82, 2.24) is 14.9 Å². The molecular weight excluding hydrogens is 321 g/mol. The van der Waals surface area contributed by atoms with Gasteiger partial charge in [0.1, 0.15) is 17.7 Å². The van der Waals surface area contributed by atoms with Crippen molar-refractivity contribution < 1.29 is 13.9 Å². The summed E-state index contributed by atoms with van der Waals surface area (Å²) in [5.74, 6) is 0.205. The number of nitrogens with one attached hydrogen (secondary N) is 1. The predicted octanol–water partition coefficient (Wildman–Crippen LogP) is 2.65. The summed E-state index contributed by atoms with van der Waals surface area (Å²) in [6.45, 7) is 3.35. The number of imidazole rings is 1. The van der Waals surface area contributed by atoms with Crippen LogP contribution in [0.1, 0.15) is 23.2 Å². The Hall–Kier alpha value is -1.92. The van der Waals surface area contributed by atoms with Crippen LogP contribution in [0.4, 0.5) is 4.39 Å². The van der Waals surface area contributed by atoms with Crippen molar-refractivity contribution in [3.05, 3.63) is 52.3 Å². The molecule has 1 aromatic heterocycles. The van der Waals surface area contributed by atoms with Gasteiger partial charge in [-0.15, -0.1) is 0 Å². The third-order valence-electron chi connectivity index (χ3n) is 3.79. The molecule has 1 amide bonds. The molecule has 3 rings (SSSR count).